The normalized spacial score (nSPS) is 23.3. The number of carbonyl (C=O) groups excluding carboxylic acids is 1. The van der Waals surface area contributed by atoms with Crippen molar-refractivity contribution in [1.82, 2.24) is 4.90 Å². The molecule has 2 aliphatic heterocycles. The summed E-state index contributed by atoms with van der Waals surface area (Å²) >= 11 is 6.24. The van der Waals surface area contributed by atoms with Gasteiger partial charge >= 0.3 is 0 Å². The van der Waals surface area contributed by atoms with Crippen molar-refractivity contribution in [2.45, 2.75) is 25.2 Å². The van der Waals surface area contributed by atoms with Gasteiger partial charge in [-0.1, -0.05) is 54.1 Å². The van der Waals surface area contributed by atoms with E-state index in [1.54, 1.807) is 0 Å². The van der Waals surface area contributed by atoms with Gasteiger partial charge in [-0.2, -0.15) is 0 Å². The second-order valence-corrected chi connectivity index (χ2v) is 6.25. The van der Waals surface area contributed by atoms with E-state index in [2.05, 4.69) is 0 Å². The van der Waals surface area contributed by atoms with Crippen LogP contribution in [-0.2, 0) is 22.7 Å². The van der Waals surface area contributed by atoms with Gasteiger partial charge in [0.15, 0.2) is 0 Å². The van der Waals surface area contributed by atoms with E-state index >= 15 is 0 Å². The van der Waals surface area contributed by atoms with Crippen molar-refractivity contribution in [1.29, 1.82) is 0 Å². The summed E-state index contributed by atoms with van der Waals surface area (Å²) in [5, 5.41) is 0.685. The molecule has 2 aliphatic rings. The molecule has 0 radical (unpaired) electrons. The van der Waals surface area contributed by atoms with Gasteiger partial charge in [-0.05, 0) is 17.2 Å². The second-order valence-electron chi connectivity index (χ2n) is 5.84. The van der Waals surface area contributed by atoms with E-state index in [-0.39, 0.29) is 17.9 Å². The number of rotatable bonds is 2. The maximum Gasteiger partial charge on any atom is 0.233 e. The fourth-order valence-electron chi connectivity index (χ4n) is 3.41. The molecule has 2 aromatic rings. The van der Waals surface area contributed by atoms with Crippen LogP contribution in [0.15, 0.2) is 48.5 Å². The van der Waals surface area contributed by atoms with Crippen LogP contribution in [0.2, 0.25) is 5.02 Å². The number of hydrogen-bond acceptors (Lipinski definition) is 2. The lowest BCUT2D eigenvalue weighted by Gasteiger charge is -2.26. The Hall–Kier alpha value is -1.84. The molecule has 4 heteroatoms. The molecule has 2 aromatic carbocycles. The predicted octanol–water partition coefficient (Wildman–Crippen LogP) is 3.36. The van der Waals surface area contributed by atoms with Crippen molar-refractivity contribution in [3.8, 4) is 0 Å². The molecule has 3 nitrogen and oxygen atoms in total. The average Bonchev–Trinajstić information content (AvgIpc) is 2.85. The third-order valence-corrected chi connectivity index (χ3v) is 4.85. The van der Waals surface area contributed by atoms with Gasteiger partial charge in [0.25, 0.3) is 0 Å². The van der Waals surface area contributed by atoms with Crippen LogP contribution in [-0.4, -0.2) is 23.5 Å². The first kappa shape index (κ1) is 13.8. The number of carbonyl (C=O) groups is 1. The Labute approximate surface area is 134 Å². The molecule has 0 N–H and O–H groups in total. The maximum atomic E-state index is 12.8. The van der Waals surface area contributed by atoms with Gasteiger partial charge < -0.3 is 9.64 Å². The molecule has 0 spiro atoms. The van der Waals surface area contributed by atoms with Crippen molar-refractivity contribution in [3.63, 3.8) is 0 Å². The molecule has 0 aliphatic carbocycles. The third-order valence-electron chi connectivity index (χ3n) is 4.50. The van der Waals surface area contributed by atoms with E-state index in [4.69, 9.17) is 16.3 Å². The Morgan fingerprint density at radius 2 is 1.95 bits per heavy atom. The summed E-state index contributed by atoms with van der Waals surface area (Å²) in [4.78, 5) is 14.7. The van der Waals surface area contributed by atoms with Crippen molar-refractivity contribution in [2.24, 2.45) is 0 Å². The molecule has 2 atom stereocenters. The quantitative estimate of drug-likeness (QED) is 0.851. The highest BCUT2D eigenvalue weighted by Gasteiger charge is 2.45. The summed E-state index contributed by atoms with van der Waals surface area (Å²) in [7, 11) is 0. The van der Waals surface area contributed by atoms with Gasteiger partial charge in [0.05, 0.1) is 18.6 Å². The number of amides is 1. The van der Waals surface area contributed by atoms with Crippen LogP contribution in [0.25, 0.3) is 0 Å². The Morgan fingerprint density at radius 3 is 2.77 bits per heavy atom. The predicted molar refractivity (Wildman–Crippen MR) is 84.6 cm³/mol. The van der Waals surface area contributed by atoms with E-state index in [0.29, 0.717) is 24.7 Å². The summed E-state index contributed by atoms with van der Waals surface area (Å²) in [6, 6.07) is 15.8. The summed E-state index contributed by atoms with van der Waals surface area (Å²) in [6.45, 7) is 1.76. The van der Waals surface area contributed by atoms with Crippen molar-refractivity contribution >= 4 is 17.5 Å². The van der Waals surface area contributed by atoms with Crippen LogP contribution in [0.1, 0.15) is 22.6 Å². The van der Waals surface area contributed by atoms with Gasteiger partial charge in [0.1, 0.15) is 0 Å². The molecule has 0 aromatic heterocycles. The number of likely N-dealkylation sites (tertiary alicyclic amines) is 1. The zero-order valence-corrected chi connectivity index (χ0v) is 12.8. The molecule has 1 saturated heterocycles. The highest BCUT2D eigenvalue weighted by Crippen LogP contribution is 2.40. The molecule has 112 valence electrons. The van der Waals surface area contributed by atoms with Crippen molar-refractivity contribution < 1.29 is 9.53 Å². The minimum atomic E-state index is -0.217. The molecule has 22 heavy (non-hydrogen) atoms. The van der Waals surface area contributed by atoms with E-state index < -0.39 is 0 Å². The van der Waals surface area contributed by atoms with Crippen LogP contribution in [0.3, 0.4) is 0 Å². The number of halogens is 1. The molecule has 0 bridgehead atoms. The second kappa shape index (κ2) is 5.41. The number of hydrogen-bond donors (Lipinski definition) is 0. The first-order valence-corrected chi connectivity index (χ1v) is 7.83. The molecular weight excluding hydrogens is 298 g/mol. The molecule has 4 rings (SSSR count). The number of nitrogens with zero attached hydrogens (tertiary/aromatic N) is 1. The first-order chi connectivity index (χ1) is 10.7. The van der Waals surface area contributed by atoms with E-state index in [0.717, 1.165) is 16.7 Å². The minimum absolute atomic E-state index is 0.0674. The summed E-state index contributed by atoms with van der Waals surface area (Å²) in [5.74, 6) is -0.0803. The molecule has 1 amide bonds. The fraction of sp³-hybridized carbons (Fsp3) is 0.278. The standard InChI is InChI=1S/C18H16ClNO2/c19-15-8-4-7-13-14(15)11-22-16-10-20(18(21)17(13)16)9-12-5-2-1-3-6-12/h1-8,16-17H,9-11H2. The van der Waals surface area contributed by atoms with Crippen molar-refractivity contribution in [3.05, 3.63) is 70.2 Å². The largest absolute Gasteiger partial charge is 0.370 e. The van der Waals surface area contributed by atoms with Crippen molar-refractivity contribution in [2.75, 3.05) is 6.54 Å². The van der Waals surface area contributed by atoms with Crippen LogP contribution in [0, 0.1) is 0 Å². The molecule has 2 heterocycles. The van der Waals surface area contributed by atoms with Gasteiger partial charge in [-0.3, -0.25) is 4.79 Å². The maximum absolute atomic E-state index is 12.8. The van der Waals surface area contributed by atoms with E-state index in [9.17, 15) is 4.79 Å². The number of ether oxygens (including phenoxy) is 1. The van der Waals surface area contributed by atoms with Gasteiger partial charge in [0.2, 0.25) is 5.91 Å². The smallest absolute Gasteiger partial charge is 0.233 e. The van der Waals surface area contributed by atoms with Gasteiger partial charge in [-0.15, -0.1) is 0 Å². The molecule has 1 fully saturated rings. The lowest BCUT2D eigenvalue weighted by atomic mass is 9.89. The van der Waals surface area contributed by atoms with Crippen LogP contribution in [0.4, 0.5) is 0 Å². The van der Waals surface area contributed by atoms with E-state index in [1.807, 2.05) is 53.4 Å². The lowest BCUT2D eigenvalue weighted by molar-refractivity contribution is -0.130. The summed E-state index contributed by atoms with van der Waals surface area (Å²) in [5.41, 5.74) is 3.13. The summed E-state index contributed by atoms with van der Waals surface area (Å²) in [6.07, 6.45) is -0.0674. The van der Waals surface area contributed by atoms with Crippen LogP contribution >= 0.6 is 11.6 Å². The SMILES string of the molecule is O=C1C2c3cccc(Cl)c3COC2CN1Cc1ccccc1. The van der Waals surface area contributed by atoms with Gasteiger partial charge in [0, 0.05) is 23.7 Å². The average molecular weight is 314 g/mol. The zero-order chi connectivity index (χ0) is 15.1. The Morgan fingerprint density at radius 1 is 1.14 bits per heavy atom. The van der Waals surface area contributed by atoms with Crippen LogP contribution < -0.4 is 0 Å². The monoisotopic (exact) mass is 313 g/mol. The third kappa shape index (κ3) is 2.21. The first-order valence-electron chi connectivity index (χ1n) is 7.45. The minimum Gasteiger partial charge on any atom is -0.370 e. The number of benzene rings is 2. The Bertz CT molecular complexity index is 716. The number of fused-ring (bicyclic) bond motifs is 3. The molecular formula is C18H16ClNO2. The fourth-order valence-corrected chi connectivity index (χ4v) is 3.64. The highest BCUT2D eigenvalue weighted by atomic mass is 35.5. The van der Waals surface area contributed by atoms with E-state index in [1.165, 1.54) is 0 Å². The zero-order valence-electron chi connectivity index (χ0n) is 12.0. The molecule has 2 unspecified atom stereocenters. The Kier molecular flexibility index (Phi) is 3.40. The topological polar surface area (TPSA) is 29.5 Å². The van der Waals surface area contributed by atoms with Crippen LogP contribution in [0.5, 0.6) is 0 Å². The Balaban J connectivity index is 1.63. The summed E-state index contributed by atoms with van der Waals surface area (Å²) < 4.78 is 5.90. The van der Waals surface area contributed by atoms with Gasteiger partial charge in [-0.25, -0.2) is 0 Å². The highest BCUT2D eigenvalue weighted by molar-refractivity contribution is 6.31. The molecule has 0 saturated carbocycles. The lowest BCUT2D eigenvalue weighted by Crippen LogP contribution is -2.28.